The molecule has 2 amide bonds. The number of nitrogens with zero attached hydrogens (tertiary/aromatic N) is 6. The number of anilines is 1. The number of hydrogen-bond donors (Lipinski definition) is 1. The summed E-state index contributed by atoms with van der Waals surface area (Å²) >= 11 is 0. The van der Waals surface area contributed by atoms with Crippen LogP contribution in [0.3, 0.4) is 0 Å². The molecule has 162 valence electrons. The number of pyridine rings is 1. The normalized spacial score (nSPS) is 24.9. The van der Waals surface area contributed by atoms with Gasteiger partial charge in [-0.25, -0.2) is 4.79 Å². The zero-order valence-corrected chi connectivity index (χ0v) is 17.6. The predicted octanol–water partition coefficient (Wildman–Crippen LogP) is 1.86. The average molecular weight is 431 g/mol. The first-order valence-corrected chi connectivity index (χ1v) is 10.6. The van der Waals surface area contributed by atoms with E-state index < -0.39 is 5.60 Å². The van der Waals surface area contributed by atoms with Crippen molar-refractivity contribution in [1.82, 2.24) is 30.5 Å². The number of rotatable bonds is 4. The van der Waals surface area contributed by atoms with Gasteiger partial charge in [-0.15, -0.1) is 10.2 Å². The minimum Gasteiger partial charge on any atom is -0.438 e. The van der Waals surface area contributed by atoms with Gasteiger partial charge in [0.1, 0.15) is 5.69 Å². The van der Waals surface area contributed by atoms with Crippen molar-refractivity contribution in [2.75, 3.05) is 4.90 Å². The Kier molecular flexibility index (Phi) is 3.89. The van der Waals surface area contributed by atoms with Crippen LogP contribution in [0.2, 0.25) is 0 Å². The fraction of sp³-hybridized carbons (Fsp3) is 0.364. The van der Waals surface area contributed by atoms with Crippen LogP contribution in [0.1, 0.15) is 25.3 Å². The number of aromatic nitrogens is 5. The Morgan fingerprint density at radius 1 is 1.28 bits per heavy atom. The number of tetrazole rings is 1. The molecule has 3 aromatic rings. The number of fused-ring (bicyclic) bond motifs is 4. The van der Waals surface area contributed by atoms with Crippen LogP contribution in [0.4, 0.5) is 10.5 Å². The van der Waals surface area contributed by atoms with Crippen LogP contribution in [-0.4, -0.2) is 54.9 Å². The monoisotopic (exact) mass is 431 g/mol. The Labute approximate surface area is 183 Å². The number of aryl methyl sites for hydroxylation is 1. The van der Waals surface area contributed by atoms with Crippen LogP contribution in [0, 0.1) is 0 Å². The smallest absolute Gasteiger partial charge is 0.415 e. The molecule has 0 radical (unpaired) electrons. The first-order valence-electron chi connectivity index (χ1n) is 10.6. The molecule has 2 aliphatic heterocycles. The van der Waals surface area contributed by atoms with Crippen molar-refractivity contribution in [1.29, 1.82) is 0 Å². The SMILES string of the molecule is CCC(=O)NC1CC12OC(=O)N1c3ccc(-c4ccc(-c5nnn(C)n5)nc4)cc3C[C@H]12. The lowest BCUT2D eigenvalue weighted by molar-refractivity contribution is -0.121. The fourth-order valence-electron chi connectivity index (χ4n) is 4.82. The van der Waals surface area contributed by atoms with Crippen molar-refractivity contribution >= 4 is 17.7 Å². The van der Waals surface area contributed by atoms with Gasteiger partial charge in [0.25, 0.3) is 0 Å². The highest BCUT2D eigenvalue weighted by atomic mass is 16.6. The van der Waals surface area contributed by atoms with E-state index in [0.29, 0.717) is 30.8 Å². The third-order valence-electron chi connectivity index (χ3n) is 6.55. The molecule has 2 fully saturated rings. The number of carbonyl (C=O) groups is 2. The Balaban J connectivity index is 1.26. The molecule has 3 atom stereocenters. The van der Waals surface area contributed by atoms with E-state index in [1.165, 1.54) is 4.80 Å². The van der Waals surface area contributed by atoms with Crippen molar-refractivity contribution in [3.8, 4) is 22.6 Å². The molecule has 0 bridgehead atoms. The highest BCUT2D eigenvalue weighted by Crippen LogP contribution is 2.55. The second-order valence-corrected chi connectivity index (χ2v) is 8.47. The fourth-order valence-corrected chi connectivity index (χ4v) is 4.82. The zero-order chi connectivity index (χ0) is 22.0. The van der Waals surface area contributed by atoms with Crippen molar-refractivity contribution in [3.05, 3.63) is 42.1 Å². The number of nitrogens with one attached hydrogen (secondary N) is 1. The standard InChI is InChI=1S/C22H21N7O3/c1-3-19(30)24-17-10-22(17)18-9-14-8-12(5-7-16(14)29(18)21(31)32-22)13-4-6-15(23-11-13)20-25-27-28(2)26-20/h4-8,11,17-18H,3,9-10H2,1-2H3,(H,24,30)/t17?,18-,22?/m0/s1. The van der Waals surface area contributed by atoms with E-state index >= 15 is 0 Å². The van der Waals surface area contributed by atoms with Gasteiger partial charge in [0.05, 0.1) is 24.8 Å². The number of hydrogen-bond acceptors (Lipinski definition) is 7. The first kappa shape index (κ1) is 18.9. The van der Waals surface area contributed by atoms with E-state index in [1.54, 1.807) is 18.1 Å². The molecule has 1 spiro atoms. The van der Waals surface area contributed by atoms with Crippen molar-refractivity contribution < 1.29 is 14.3 Å². The van der Waals surface area contributed by atoms with E-state index in [-0.39, 0.29) is 24.1 Å². The van der Waals surface area contributed by atoms with Crippen LogP contribution < -0.4 is 10.2 Å². The van der Waals surface area contributed by atoms with Gasteiger partial charge in [0.2, 0.25) is 11.7 Å². The molecule has 2 aromatic heterocycles. The molecule has 1 aliphatic carbocycles. The summed E-state index contributed by atoms with van der Waals surface area (Å²) in [5.41, 5.74) is 3.99. The summed E-state index contributed by atoms with van der Waals surface area (Å²) in [6, 6.07) is 9.69. The molecule has 1 saturated carbocycles. The Bertz CT molecular complexity index is 1250. The summed E-state index contributed by atoms with van der Waals surface area (Å²) < 4.78 is 5.76. The second kappa shape index (κ2) is 6.59. The summed E-state index contributed by atoms with van der Waals surface area (Å²) in [6.45, 7) is 1.81. The van der Waals surface area contributed by atoms with Crippen LogP contribution in [-0.2, 0) is 23.0 Å². The van der Waals surface area contributed by atoms with Gasteiger partial charge in [-0.1, -0.05) is 19.1 Å². The van der Waals surface area contributed by atoms with Gasteiger partial charge in [0, 0.05) is 24.6 Å². The first-order chi connectivity index (χ1) is 15.5. The minimum absolute atomic E-state index is 0.0215. The van der Waals surface area contributed by atoms with Gasteiger partial charge in [0.15, 0.2) is 5.60 Å². The van der Waals surface area contributed by atoms with E-state index in [2.05, 4.69) is 31.8 Å². The van der Waals surface area contributed by atoms with E-state index in [0.717, 1.165) is 22.4 Å². The molecule has 3 aliphatic rings. The lowest BCUT2D eigenvalue weighted by Crippen LogP contribution is -2.41. The quantitative estimate of drug-likeness (QED) is 0.670. The van der Waals surface area contributed by atoms with Crippen LogP contribution in [0.15, 0.2) is 36.5 Å². The number of amides is 2. The van der Waals surface area contributed by atoms with E-state index in [1.807, 2.05) is 31.2 Å². The average Bonchev–Trinajstić information content (AvgIpc) is 3.10. The molecule has 10 nitrogen and oxygen atoms in total. The molecule has 32 heavy (non-hydrogen) atoms. The lowest BCUT2D eigenvalue weighted by atomic mass is 10.00. The highest BCUT2D eigenvalue weighted by molar-refractivity contribution is 5.96. The largest absolute Gasteiger partial charge is 0.438 e. The molecule has 1 aromatic carbocycles. The van der Waals surface area contributed by atoms with Crippen LogP contribution >= 0.6 is 0 Å². The van der Waals surface area contributed by atoms with Crippen LogP contribution in [0.25, 0.3) is 22.6 Å². The molecule has 6 rings (SSSR count). The minimum atomic E-state index is -0.617. The van der Waals surface area contributed by atoms with Crippen molar-refractivity contribution in [2.45, 2.75) is 43.9 Å². The third kappa shape index (κ3) is 2.72. The molecule has 4 heterocycles. The third-order valence-corrected chi connectivity index (χ3v) is 6.55. The molecular weight excluding hydrogens is 410 g/mol. The molecular formula is C22H21N7O3. The van der Waals surface area contributed by atoms with Gasteiger partial charge in [-0.2, -0.15) is 4.80 Å². The molecule has 10 heteroatoms. The van der Waals surface area contributed by atoms with Gasteiger partial charge in [-0.05, 0) is 41.0 Å². The number of ether oxygens (including phenoxy) is 1. The molecule has 2 unspecified atom stereocenters. The maximum atomic E-state index is 12.7. The zero-order valence-electron chi connectivity index (χ0n) is 17.6. The van der Waals surface area contributed by atoms with Gasteiger partial charge >= 0.3 is 6.09 Å². The number of carbonyl (C=O) groups excluding carboxylic acids is 2. The summed E-state index contributed by atoms with van der Waals surface area (Å²) in [5, 5.41) is 15.0. The lowest BCUT2D eigenvalue weighted by Gasteiger charge is -2.17. The maximum Gasteiger partial charge on any atom is 0.415 e. The summed E-state index contributed by atoms with van der Waals surface area (Å²) in [6.07, 6.45) is 3.23. The summed E-state index contributed by atoms with van der Waals surface area (Å²) in [5.74, 6) is 0.457. The van der Waals surface area contributed by atoms with E-state index in [4.69, 9.17) is 4.74 Å². The summed E-state index contributed by atoms with van der Waals surface area (Å²) in [7, 11) is 1.71. The Morgan fingerprint density at radius 2 is 2.12 bits per heavy atom. The van der Waals surface area contributed by atoms with E-state index in [9.17, 15) is 9.59 Å². The van der Waals surface area contributed by atoms with Gasteiger partial charge in [-0.3, -0.25) is 14.7 Å². The topological polar surface area (TPSA) is 115 Å². The van der Waals surface area contributed by atoms with Gasteiger partial charge < -0.3 is 10.1 Å². The predicted molar refractivity (Wildman–Crippen MR) is 113 cm³/mol. The van der Waals surface area contributed by atoms with Crippen molar-refractivity contribution in [2.24, 2.45) is 7.05 Å². The number of benzene rings is 1. The Morgan fingerprint density at radius 3 is 2.84 bits per heavy atom. The highest BCUT2D eigenvalue weighted by Gasteiger charge is 2.71. The Hall–Kier alpha value is -3.82. The van der Waals surface area contributed by atoms with Crippen molar-refractivity contribution in [3.63, 3.8) is 0 Å². The molecule has 1 saturated heterocycles. The second-order valence-electron chi connectivity index (χ2n) is 8.47. The van der Waals surface area contributed by atoms with Crippen LogP contribution in [0.5, 0.6) is 0 Å². The molecule has 1 N–H and O–H groups in total. The maximum absolute atomic E-state index is 12.7. The summed E-state index contributed by atoms with van der Waals surface area (Å²) in [4.78, 5) is 32.1.